The summed E-state index contributed by atoms with van der Waals surface area (Å²) < 4.78 is 0. The molecule has 0 aromatic heterocycles. The van der Waals surface area contributed by atoms with E-state index in [2.05, 4.69) is 31.1 Å². The van der Waals surface area contributed by atoms with Crippen LogP contribution in [0.15, 0.2) is 0 Å². The Kier molecular flexibility index (Phi) is 9.30. The number of carbonyl (C=O) groups excluding carboxylic acids is 1. The number of amides is 1. The SMILES string of the molecule is CC(=O)NC1CCN(C)CC1.CCCCC. The molecular formula is C13H28N2O. The maximum absolute atomic E-state index is 10.7. The summed E-state index contributed by atoms with van der Waals surface area (Å²) in [7, 11) is 2.12. The highest BCUT2D eigenvalue weighted by Gasteiger charge is 2.16. The van der Waals surface area contributed by atoms with Gasteiger partial charge in [0.05, 0.1) is 0 Å². The van der Waals surface area contributed by atoms with Crippen molar-refractivity contribution in [1.82, 2.24) is 10.2 Å². The summed E-state index contributed by atoms with van der Waals surface area (Å²) in [4.78, 5) is 13.0. The summed E-state index contributed by atoms with van der Waals surface area (Å²) in [5.74, 6) is 0.0968. The number of piperidine rings is 1. The van der Waals surface area contributed by atoms with E-state index in [1.54, 1.807) is 6.92 Å². The fraction of sp³-hybridized carbons (Fsp3) is 0.923. The topological polar surface area (TPSA) is 32.3 Å². The van der Waals surface area contributed by atoms with Crippen LogP contribution >= 0.6 is 0 Å². The van der Waals surface area contributed by atoms with Crippen molar-refractivity contribution >= 4 is 5.91 Å². The van der Waals surface area contributed by atoms with Gasteiger partial charge in [0, 0.05) is 13.0 Å². The summed E-state index contributed by atoms with van der Waals surface area (Å²) >= 11 is 0. The van der Waals surface area contributed by atoms with E-state index in [1.165, 1.54) is 19.3 Å². The Balaban J connectivity index is 0.000000385. The minimum absolute atomic E-state index is 0.0968. The summed E-state index contributed by atoms with van der Waals surface area (Å²) in [6, 6.07) is 0.420. The van der Waals surface area contributed by atoms with Gasteiger partial charge in [0.15, 0.2) is 0 Å². The Bertz CT molecular complexity index is 173. The minimum atomic E-state index is 0.0968. The Morgan fingerprint density at radius 2 is 1.75 bits per heavy atom. The quantitative estimate of drug-likeness (QED) is 0.804. The van der Waals surface area contributed by atoms with Crippen LogP contribution in [0.3, 0.4) is 0 Å². The highest BCUT2D eigenvalue weighted by Crippen LogP contribution is 2.07. The van der Waals surface area contributed by atoms with Gasteiger partial charge in [0.1, 0.15) is 0 Å². The van der Waals surface area contributed by atoms with Gasteiger partial charge in [-0.2, -0.15) is 0 Å². The first-order chi connectivity index (χ1) is 7.60. The number of nitrogens with zero attached hydrogens (tertiary/aromatic N) is 1. The molecule has 0 aromatic rings. The molecule has 1 rings (SSSR count). The predicted octanol–water partition coefficient (Wildman–Crippen LogP) is 2.41. The Morgan fingerprint density at radius 1 is 1.25 bits per heavy atom. The highest BCUT2D eigenvalue weighted by molar-refractivity contribution is 5.73. The second kappa shape index (κ2) is 9.64. The molecule has 1 heterocycles. The molecule has 1 N–H and O–H groups in total. The molecule has 16 heavy (non-hydrogen) atoms. The number of unbranched alkanes of at least 4 members (excludes halogenated alkanes) is 2. The maximum Gasteiger partial charge on any atom is 0.217 e. The number of rotatable bonds is 3. The van der Waals surface area contributed by atoms with Gasteiger partial charge in [-0.25, -0.2) is 0 Å². The number of carbonyl (C=O) groups is 1. The van der Waals surface area contributed by atoms with Crippen LogP contribution in [0.5, 0.6) is 0 Å². The van der Waals surface area contributed by atoms with E-state index < -0.39 is 0 Å². The highest BCUT2D eigenvalue weighted by atomic mass is 16.1. The molecule has 0 atom stereocenters. The summed E-state index contributed by atoms with van der Waals surface area (Å²) in [5.41, 5.74) is 0. The third-order valence-corrected chi connectivity index (χ3v) is 2.83. The van der Waals surface area contributed by atoms with Crippen molar-refractivity contribution in [2.24, 2.45) is 0 Å². The van der Waals surface area contributed by atoms with Crippen LogP contribution in [0, 0.1) is 0 Å². The van der Waals surface area contributed by atoms with Crippen molar-refractivity contribution in [3.8, 4) is 0 Å². The van der Waals surface area contributed by atoms with Crippen LogP contribution in [0.2, 0.25) is 0 Å². The van der Waals surface area contributed by atoms with E-state index in [4.69, 9.17) is 0 Å². The fourth-order valence-corrected chi connectivity index (χ4v) is 1.79. The van der Waals surface area contributed by atoms with Crippen LogP contribution in [0.25, 0.3) is 0 Å². The van der Waals surface area contributed by atoms with E-state index >= 15 is 0 Å². The molecule has 1 aliphatic rings. The molecule has 1 aliphatic heterocycles. The third kappa shape index (κ3) is 8.72. The van der Waals surface area contributed by atoms with E-state index in [0.717, 1.165) is 25.9 Å². The second-order valence-electron chi connectivity index (χ2n) is 4.63. The monoisotopic (exact) mass is 228 g/mol. The lowest BCUT2D eigenvalue weighted by Gasteiger charge is -2.29. The Labute approximate surface area is 101 Å². The first kappa shape index (κ1) is 15.4. The van der Waals surface area contributed by atoms with Crippen LogP contribution in [0.1, 0.15) is 52.9 Å². The molecular weight excluding hydrogens is 200 g/mol. The van der Waals surface area contributed by atoms with Crippen molar-refractivity contribution < 1.29 is 4.79 Å². The van der Waals surface area contributed by atoms with E-state index in [0.29, 0.717) is 6.04 Å². The summed E-state index contributed by atoms with van der Waals surface area (Å²) in [6.07, 6.45) is 6.26. The summed E-state index contributed by atoms with van der Waals surface area (Å²) in [6.45, 7) is 8.21. The van der Waals surface area contributed by atoms with E-state index in [1.807, 2.05) is 0 Å². The van der Waals surface area contributed by atoms with Gasteiger partial charge in [-0.05, 0) is 33.0 Å². The number of likely N-dealkylation sites (tertiary alicyclic amines) is 1. The largest absolute Gasteiger partial charge is 0.354 e. The predicted molar refractivity (Wildman–Crippen MR) is 69.5 cm³/mol. The third-order valence-electron chi connectivity index (χ3n) is 2.83. The van der Waals surface area contributed by atoms with Gasteiger partial charge in [0.25, 0.3) is 0 Å². The Morgan fingerprint density at radius 3 is 2.06 bits per heavy atom. The summed E-state index contributed by atoms with van der Waals surface area (Å²) in [5, 5.41) is 2.94. The lowest BCUT2D eigenvalue weighted by Crippen LogP contribution is -2.42. The zero-order valence-corrected chi connectivity index (χ0v) is 11.4. The molecule has 0 aliphatic carbocycles. The van der Waals surface area contributed by atoms with Crippen molar-refractivity contribution in [3.63, 3.8) is 0 Å². The standard InChI is InChI=1S/C8H16N2O.C5H12/c1-7(11)9-8-3-5-10(2)6-4-8;1-3-5-4-2/h8H,3-6H2,1-2H3,(H,9,11);3-5H2,1-2H3. The Hall–Kier alpha value is -0.570. The zero-order valence-electron chi connectivity index (χ0n) is 11.4. The minimum Gasteiger partial charge on any atom is -0.354 e. The van der Waals surface area contributed by atoms with Crippen LogP contribution in [-0.2, 0) is 4.79 Å². The first-order valence-corrected chi connectivity index (χ1v) is 6.55. The van der Waals surface area contributed by atoms with Crippen molar-refractivity contribution in [2.45, 2.75) is 58.9 Å². The van der Waals surface area contributed by atoms with Crippen LogP contribution < -0.4 is 5.32 Å². The van der Waals surface area contributed by atoms with Crippen LogP contribution in [-0.4, -0.2) is 37.0 Å². The van der Waals surface area contributed by atoms with Crippen molar-refractivity contribution in [1.29, 1.82) is 0 Å². The molecule has 0 unspecified atom stereocenters. The molecule has 3 heteroatoms. The van der Waals surface area contributed by atoms with Crippen LogP contribution in [0.4, 0.5) is 0 Å². The molecule has 0 spiro atoms. The molecule has 96 valence electrons. The first-order valence-electron chi connectivity index (χ1n) is 6.55. The van der Waals surface area contributed by atoms with Gasteiger partial charge >= 0.3 is 0 Å². The normalized spacial score (nSPS) is 17.5. The molecule has 1 saturated heterocycles. The van der Waals surface area contributed by atoms with Crippen molar-refractivity contribution in [3.05, 3.63) is 0 Å². The van der Waals surface area contributed by atoms with E-state index in [9.17, 15) is 4.79 Å². The maximum atomic E-state index is 10.7. The van der Waals surface area contributed by atoms with Gasteiger partial charge in [-0.3, -0.25) is 4.79 Å². The molecule has 0 bridgehead atoms. The molecule has 0 radical (unpaired) electrons. The van der Waals surface area contributed by atoms with Gasteiger partial charge < -0.3 is 10.2 Å². The van der Waals surface area contributed by atoms with Gasteiger partial charge in [-0.1, -0.05) is 33.1 Å². The van der Waals surface area contributed by atoms with Gasteiger partial charge in [0.2, 0.25) is 5.91 Å². The fourth-order valence-electron chi connectivity index (χ4n) is 1.79. The molecule has 0 aromatic carbocycles. The van der Waals surface area contributed by atoms with E-state index in [-0.39, 0.29) is 5.91 Å². The average Bonchev–Trinajstić information content (AvgIpc) is 2.23. The lowest BCUT2D eigenvalue weighted by atomic mass is 10.1. The number of hydrogen-bond donors (Lipinski definition) is 1. The molecule has 3 nitrogen and oxygen atoms in total. The van der Waals surface area contributed by atoms with Gasteiger partial charge in [-0.15, -0.1) is 0 Å². The molecule has 1 amide bonds. The molecule has 1 fully saturated rings. The average molecular weight is 228 g/mol. The van der Waals surface area contributed by atoms with Crippen molar-refractivity contribution in [2.75, 3.05) is 20.1 Å². The second-order valence-corrected chi connectivity index (χ2v) is 4.63. The lowest BCUT2D eigenvalue weighted by molar-refractivity contribution is -0.119. The number of hydrogen-bond acceptors (Lipinski definition) is 2. The zero-order chi connectivity index (χ0) is 12.4. The molecule has 0 saturated carbocycles. The smallest absolute Gasteiger partial charge is 0.217 e. The number of nitrogens with one attached hydrogen (secondary N) is 1.